The summed E-state index contributed by atoms with van der Waals surface area (Å²) in [6, 6.07) is 2.03. The fourth-order valence-corrected chi connectivity index (χ4v) is 3.04. The Hall–Kier alpha value is -1.49. The van der Waals surface area contributed by atoms with Crippen molar-refractivity contribution < 1.29 is 9.90 Å². The number of amides is 1. The first-order valence-electron chi connectivity index (χ1n) is 7.61. The van der Waals surface area contributed by atoms with Crippen molar-refractivity contribution in [1.29, 1.82) is 0 Å². The fraction of sp³-hybridized carbons (Fsp3) is 0.667. The molecule has 0 spiro atoms. The molecule has 5 nitrogen and oxygen atoms in total. The van der Waals surface area contributed by atoms with Crippen LogP contribution in [0.25, 0.3) is 0 Å². The van der Waals surface area contributed by atoms with Gasteiger partial charge in [0.05, 0.1) is 17.8 Å². The van der Waals surface area contributed by atoms with Crippen LogP contribution < -0.4 is 11.1 Å². The molecule has 110 valence electrons. The molecule has 2 saturated carbocycles. The molecular formula is C15H23N3O2. The van der Waals surface area contributed by atoms with Gasteiger partial charge in [-0.3, -0.25) is 4.79 Å². The molecule has 2 fully saturated rings. The number of nitrogens with one attached hydrogen (secondary N) is 1. The Morgan fingerprint density at radius 2 is 2.00 bits per heavy atom. The zero-order valence-corrected chi connectivity index (χ0v) is 11.7. The summed E-state index contributed by atoms with van der Waals surface area (Å²) in [6.07, 6.45) is 8.50. The molecule has 1 aromatic rings. The van der Waals surface area contributed by atoms with Crippen molar-refractivity contribution >= 4 is 11.6 Å². The molecular weight excluding hydrogens is 254 g/mol. The summed E-state index contributed by atoms with van der Waals surface area (Å²) < 4.78 is 1.98. The number of hydrogen-bond donors (Lipinski definition) is 3. The van der Waals surface area contributed by atoms with Gasteiger partial charge in [0, 0.05) is 12.2 Å². The Kier molecular flexibility index (Phi) is 3.70. The van der Waals surface area contributed by atoms with Gasteiger partial charge in [-0.05, 0) is 31.7 Å². The minimum atomic E-state index is -0.428. The molecule has 1 heterocycles. The van der Waals surface area contributed by atoms with Crippen molar-refractivity contribution in [3.63, 3.8) is 0 Å². The second kappa shape index (κ2) is 5.48. The van der Waals surface area contributed by atoms with E-state index in [1.54, 1.807) is 6.07 Å². The van der Waals surface area contributed by atoms with Gasteiger partial charge in [0.1, 0.15) is 5.69 Å². The zero-order valence-electron chi connectivity index (χ0n) is 11.7. The van der Waals surface area contributed by atoms with Crippen LogP contribution in [0.3, 0.4) is 0 Å². The van der Waals surface area contributed by atoms with E-state index in [0.29, 0.717) is 17.4 Å². The van der Waals surface area contributed by atoms with Gasteiger partial charge in [-0.1, -0.05) is 19.3 Å². The smallest absolute Gasteiger partial charge is 0.268 e. The van der Waals surface area contributed by atoms with Gasteiger partial charge in [-0.15, -0.1) is 0 Å². The summed E-state index contributed by atoms with van der Waals surface area (Å²) >= 11 is 0. The van der Waals surface area contributed by atoms with Gasteiger partial charge in [-0.25, -0.2) is 0 Å². The second-order valence-electron chi connectivity index (χ2n) is 6.08. The lowest BCUT2D eigenvalue weighted by Crippen LogP contribution is -2.43. The van der Waals surface area contributed by atoms with E-state index in [2.05, 4.69) is 5.32 Å². The van der Waals surface area contributed by atoms with E-state index in [9.17, 15) is 9.90 Å². The van der Waals surface area contributed by atoms with Crippen LogP contribution in [0.5, 0.6) is 0 Å². The fourth-order valence-electron chi connectivity index (χ4n) is 3.04. The van der Waals surface area contributed by atoms with Crippen LogP contribution in [0.2, 0.25) is 0 Å². The lowest BCUT2D eigenvalue weighted by Gasteiger charge is -2.22. The zero-order chi connectivity index (χ0) is 14.1. The quantitative estimate of drug-likeness (QED) is 0.737. The Morgan fingerprint density at radius 3 is 2.75 bits per heavy atom. The van der Waals surface area contributed by atoms with Crippen LogP contribution >= 0.6 is 0 Å². The van der Waals surface area contributed by atoms with E-state index in [4.69, 9.17) is 5.73 Å². The standard InChI is InChI=1S/C15H23N3O2/c16-10-8-13(18(9-10)11-6-7-11)15(20)17-12-4-2-1-3-5-14(12)19/h8-9,11-12,14,19H,1-7,16H2,(H,17,20). The topological polar surface area (TPSA) is 80.3 Å². The first kappa shape index (κ1) is 13.5. The third-order valence-electron chi connectivity index (χ3n) is 4.34. The predicted octanol–water partition coefficient (Wildman–Crippen LogP) is 1.83. The Labute approximate surface area is 119 Å². The summed E-state index contributed by atoms with van der Waals surface area (Å²) in [5.74, 6) is -0.112. The van der Waals surface area contributed by atoms with Crippen LogP contribution in [-0.2, 0) is 0 Å². The number of nitrogens with two attached hydrogens (primary N) is 1. The summed E-state index contributed by atoms with van der Waals surface area (Å²) in [5, 5.41) is 13.1. The van der Waals surface area contributed by atoms with Gasteiger partial charge in [0.2, 0.25) is 0 Å². The number of carbonyl (C=O) groups excluding carboxylic acids is 1. The van der Waals surface area contributed by atoms with Gasteiger partial charge in [-0.2, -0.15) is 0 Å². The van der Waals surface area contributed by atoms with Crippen LogP contribution in [0.15, 0.2) is 12.3 Å². The molecule has 2 aliphatic carbocycles. The van der Waals surface area contributed by atoms with E-state index >= 15 is 0 Å². The average Bonchev–Trinajstić information content (AvgIpc) is 3.20. The Morgan fingerprint density at radius 1 is 1.25 bits per heavy atom. The Bertz CT molecular complexity index is 493. The van der Waals surface area contributed by atoms with Gasteiger partial charge >= 0.3 is 0 Å². The maximum absolute atomic E-state index is 12.4. The number of aliphatic hydroxyl groups excluding tert-OH is 1. The Balaban J connectivity index is 1.72. The molecule has 1 aromatic heterocycles. The van der Waals surface area contributed by atoms with Crippen LogP contribution in [0, 0.1) is 0 Å². The van der Waals surface area contributed by atoms with Crippen molar-refractivity contribution in [2.75, 3.05) is 5.73 Å². The van der Waals surface area contributed by atoms with Crippen molar-refractivity contribution in [2.45, 2.75) is 63.1 Å². The average molecular weight is 277 g/mol. The lowest BCUT2D eigenvalue weighted by molar-refractivity contribution is 0.0810. The van der Waals surface area contributed by atoms with Crippen molar-refractivity contribution in [3.8, 4) is 0 Å². The summed E-state index contributed by atoms with van der Waals surface area (Å²) in [4.78, 5) is 12.4. The van der Waals surface area contributed by atoms with Gasteiger partial charge in [0.25, 0.3) is 5.91 Å². The van der Waals surface area contributed by atoms with E-state index in [0.717, 1.165) is 44.9 Å². The number of nitrogens with zero attached hydrogens (tertiary/aromatic N) is 1. The van der Waals surface area contributed by atoms with Gasteiger partial charge in [0.15, 0.2) is 0 Å². The molecule has 5 heteroatoms. The number of nitrogen functional groups attached to an aromatic ring is 1. The van der Waals surface area contributed by atoms with Gasteiger partial charge < -0.3 is 20.7 Å². The maximum Gasteiger partial charge on any atom is 0.268 e. The molecule has 0 saturated heterocycles. The number of carbonyl (C=O) groups is 1. The number of aliphatic hydroxyl groups is 1. The highest BCUT2D eigenvalue weighted by Gasteiger charge is 2.29. The SMILES string of the molecule is Nc1cc(C(=O)NC2CCCCCC2O)n(C2CC2)c1. The first-order chi connectivity index (χ1) is 9.65. The first-order valence-corrected chi connectivity index (χ1v) is 7.61. The minimum absolute atomic E-state index is 0.112. The minimum Gasteiger partial charge on any atom is -0.397 e. The third kappa shape index (κ3) is 2.82. The van der Waals surface area contributed by atoms with E-state index in [1.165, 1.54) is 0 Å². The summed E-state index contributed by atoms with van der Waals surface area (Å²) in [7, 11) is 0. The third-order valence-corrected chi connectivity index (χ3v) is 4.34. The summed E-state index contributed by atoms with van der Waals surface area (Å²) in [5.41, 5.74) is 7.07. The molecule has 1 amide bonds. The van der Waals surface area contributed by atoms with E-state index in [-0.39, 0.29) is 11.9 Å². The van der Waals surface area contributed by atoms with Crippen molar-refractivity contribution in [1.82, 2.24) is 9.88 Å². The number of hydrogen-bond acceptors (Lipinski definition) is 3. The molecule has 4 N–H and O–H groups in total. The number of aromatic nitrogens is 1. The van der Waals surface area contributed by atoms with Crippen molar-refractivity contribution in [3.05, 3.63) is 18.0 Å². The largest absolute Gasteiger partial charge is 0.397 e. The van der Waals surface area contributed by atoms with E-state index < -0.39 is 6.10 Å². The molecule has 0 radical (unpaired) electrons. The summed E-state index contributed by atoms with van der Waals surface area (Å²) in [6.45, 7) is 0. The molecule has 0 bridgehead atoms. The molecule has 0 aromatic carbocycles. The monoisotopic (exact) mass is 277 g/mol. The lowest BCUT2D eigenvalue weighted by atomic mass is 10.1. The molecule has 2 unspecified atom stereocenters. The van der Waals surface area contributed by atoms with E-state index in [1.807, 2.05) is 10.8 Å². The molecule has 2 atom stereocenters. The van der Waals surface area contributed by atoms with Crippen LogP contribution in [0.4, 0.5) is 5.69 Å². The van der Waals surface area contributed by atoms with Crippen LogP contribution in [0.1, 0.15) is 61.5 Å². The molecule has 3 rings (SSSR count). The number of anilines is 1. The number of rotatable bonds is 3. The molecule has 20 heavy (non-hydrogen) atoms. The second-order valence-corrected chi connectivity index (χ2v) is 6.08. The maximum atomic E-state index is 12.4. The highest BCUT2D eigenvalue weighted by atomic mass is 16.3. The predicted molar refractivity (Wildman–Crippen MR) is 77.5 cm³/mol. The normalized spacial score (nSPS) is 27.1. The van der Waals surface area contributed by atoms with Crippen LogP contribution in [-0.4, -0.2) is 27.7 Å². The highest BCUT2D eigenvalue weighted by Crippen LogP contribution is 2.37. The molecule has 2 aliphatic rings. The molecule has 0 aliphatic heterocycles. The highest BCUT2D eigenvalue weighted by molar-refractivity contribution is 5.94. The van der Waals surface area contributed by atoms with Crippen molar-refractivity contribution in [2.24, 2.45) is 0 Å².